The van der Waals surface area contributed by atoms with Crippen LogP contribution in [0.3, 0.4) is 0 Å². The molecule has 1 heterocycles. The number of rotatable bonds is 5. The van der Waals surface area contributed by atoms with Crippen molar-refractivity contribution in [2.75, 3.05) is 0 Å². The number of nitrogens with zero attached hydrogens (tertiary/aromatic N) is 2. The molecule has 0 amide bonds. The molecule has 2 nitrogen and oxygen atoms in total. The monoisotopic (exact) mass is 416 g/mol. The van der Waals surface area contributed by atoms with Crippen LogP contribution < -0.4 is 0 Å². The van der Waals surface area contributed by atoms with E-state index >= 15 is 0 Å². The first-order valence-electron chi connectivity index (χ1n) is 7.03. The van der Waals surface area contributed by atoms with Crippen LogP contribution in [0.2, 0.25) is 15.1 Å². The molecule has 0 aliphatic rings. The maximum atomic E-state index is 6.72. The zero-order valence-electron chi connectivity index (χ0n) is 12.2. The number of thioether (sulfide) groups is 1. The Kier molecular flexibility index (Phi) is 6.01. The SMILES string of the molecule is Clc1ccc(C(Sc2cc(Cl)ccc2Cl)C(Cl)n2ccnc2)cc1. The largest absolute Gasteiger partial charge is 0.319 e. The van der Waals surface area contributed by atoms with Gasteiger partial charge in [0, 0.05) is 27.3 Å². The van der Waals surface area contributed by atoms with Gasteiger partial charge in [-0.05, 0) is 35.9 Å². The third-order valence-electron chi connectivity index (χ3n) is 3.41. The van der Waals surface area contributed by atoms with E-state index in [1.807, 2.05) is 41.1 Å². The van der Waals surface area contributed by atoms with Crippen molar-refractivity contribution in [2.24, 2.45) is 0 Å². The van der Waals surface area contributed by atoms with Crippen molar-refractivity contribution < 1.29 is 0 Å². The normalized spacial score (nSPS) is 13.7. The van der Waals surface area contributed by atoms with E-state index in [1.165, 1.54) is 0 Å². The van der Waals surface area contributed by atoms with Crippen LogP contribution in [0, 0.1) is 0 Å². The number of alkyl halides is 1. The molecule has 7 heteroatoms. The fraction of sp³-hybridized carbons (Fsp3) is 0.118. The molecule has 0 aliphatic carbocycles. The lowest BCUT2D eigenvalue weighted by Gasteiger charge is -2.24. The highest BCUT2D eigenvalue weighted by Crippen LogP contribution is 2.47. The summed E-state index contributed by atoms with van der Waals surface area (Å²) >= 11 is 26.7. The summed E-state index contributed by atoms with van der Waals surface area (Å²) in [6, 6.07) is 13.0. The third kappa shape index (κ3) is 4.22. The predicted octanol–water partition coefficient (Wildman–Crippen LogP) is 7.11. The van der Waals surface area contributed by atoms with Crippen molar-refractivity contribution in [1.29, 1.82) is 0 Å². The van der Waals surface area contributed by atoms with Gasteiger partial charge in [-0.3, -0.25) is 0 Å². The average Bonchev–Trinajstić information content (AvgIpc) is 3.10. The minimum Gasteiger partial charge on any atom is -0.319 e. The fourth-order valence-corrected chi connectivity index (χ4v) is 4.44. The number of benzene rings is 2. The maximum Gasteiger partial charge on any atom is 0.125 e. The van der Waals surface area contributed by atoms with Crippen molar-refractivity contribution >= 4 is 58.2 Å². The summed E-state index contributed by atoms with van der Waals surface area (Å²) < 4.78 is 1.85. The first-order valence-corrected chi connectivity index (χ1v) is 9.48. The van der Waals surface area contributed by atoms with E-state index in [0.29, 0.717) is 15.1 Å². The molecule has 0 fully saturated rings. The highest BCUT2D eigenvalue weighted by molar-refractivity contribution is 7.99. The summed E-state index contributed by atoms with van der Waals surface area (Å²) in [5.41, 5.74) is 0.683. The molecule has 24 heavy (non-hydrogen) atoms. The van der Waals surface area contributed by atoms with Crippen LogP contribution in [-0.2, 0) is 0 Å². The van der Waals surface area contributed by atoms with Gasteiger partial charge in [0.1, 0.15) is 5.50 Å². The number of hydrogen-bond donors (Lipinski definition) is 0. The molecule has 0 aliphatic heterocycles. The molecule has 3 aromatic rings. The number of halogens is 4. The van der Waals surface area contributed by atoms with Gasteiger partial charge in [0.2, 0.25) is 0 Å². The molecule has 2 aromatic carbocycles. The van der Waals surface area contributed by atoms with Gasteiger partial charge in [0.15, 0.2) is 0 Å². The Balaban J connectivity index is 1.98. The van der Waals surface area contributed by atoms with Crippen LogP contribution in [0.15, 0.2) is 66.1 Å². The molecular weight excluding hydrogens is 406 g/mol. The molecule has 2 atom stereocenters. The fourth-order valence-electron chi connectivity index (χ4n) is 2.21. The van der Waals surface area contributed by atoms with E-state index in [9.17, 15) is 0 Å². The average molecular weight is 418 g/mol. The second-order valence-corrected chi connectivity index (χ2v) is 7.96. The first-order chi connectivity index (χ1) is 11.5. The van der Waals surface area contributed by atoms with Crippen LogP contribution in [0.25, 0.3) is 0 Å². The van der Waals surface area contributed by atoms with E-state index in [2.05, 4.69) is 4.98 Å². The predicted molar refractivity (Wildman–Crippen MR) is 104 cm³/mol. The van der Waals surface area contributed by atoms with Crippen LogP contribution in [-0.4, -0.2) is 9.55 Å². The lowest BCUT2D eigenvalue weighted by Crippen LogP contribution is -2.09. The minimum atomic E-state index is -0.353. The van der Waals surface area contributed by atoms with Gasteiger partial charge >= 0.3 is 0 Å². The van der Waals surface area contributed by atoms with E-state index in [1.54, 1.807) is 36.4 Å². The molecule has 0 radical (unpaired) electrons. The smallest absolute Gasteiger partial charge is 0.125 e. The molecule has 0 spiro atoms. The Morgan fingerprint density at radius 2 is 1.67 bits per heavy atom. The van der Waals surface area contributed by atoms with Crippen LogP contribution >= 0.6 is 58.2 Å². The summed E-state index contributed by atoms with van der Waals surface area (Å²) in [4.78, 5) is 4.94. The Morgan fingerprint density at radius 1 is 0.958 bits per heavy atom. The summed E-state index contributed by atoms with van der Waals surface area (Å²) in [6.45, 7) is 0. The van der Waals surface area contributed by atoms with E-state index in [4.69, 9.17) is 46.4 Å². The molecule has 1 aromatic heterocycles. The molecular formula is C17H12Cl4N2S. The van der Waals surface area contributed by atoms with Gasteiger partial charge in [-0.1, -0.05) is 58.5 Å². The Morgan fingerprint density at radius 3 is 2.33 bits per heavy atom. The van der Waals surface area contributed by atoms with Crippen molar-refractivity contribution in [3.05, 3.63) is 81.8 Å². The van der Waals surface area contributed by atoms with Gasteiger partial charge in [-0.15, -0.1) is 11.8 Å². The summed E-state index contributed by atoms with van der Waals surface area (Å²) in [7, 11) is 0. The second kappa shape index (κ2) is 8.03. The van der Waals surface area contributed by atoms with Gasteiger partial charge in [0.05, 0.1) is 16.6 Å². The zero-order chi connectivity index (χ0) is 17.1. The first kappa shape index (κ1) is 18.0. The van der Waals surface area contributed by atoms with Crippen LogP contribution in [0.4, 0.5) is 0 Å². The van der Waals surface area contributed by atoms with Gasteiger partial charge in [-0.25, -0.2) is 4.98 Å². The van der Waals surface area contributed by atoms with Crippen LogP contribution in [0.1, 0.15) is 16.3 Å². The second-order valence-electron chi connectivity index (χ2n) is 5.05. The molecule has 0 bridgehead atoms. The number of imidazole rings is 1. The van der Waals surface area contributed by atoms with Crippen LogP contribution in [0.5, 0.6) is 0 Å². The molecule has 2 unspecified atom stereocenters. The van der Waals surface area contributed by atoms with Crippen molar-refractivity contribution in [3.63, 3.8) is 0 Å². The topological polar surface area (TPSA) is 17.8 Å². The molecule has 3 rings (SSSR count). The van der Waals surface area contributed by atoms with E-state index in [0.717, 1.165) is 10.5 Å². The highest BCUT2D eigenvalue weighted by atomic mass is 35.5. The molecule has 0 saturated carbocycles. The number of hydrogen-bond acceptors (Lipinski definition) is 2. The van der Waals surface area contributed by atoms with Crippen molar-refractivity contribution in [1.82, 2.24) is 9.55 Å². The maximum absolute atomic E-state index is 6.72. The van der Waals surface area contributed by atoms with Crippen molar-refractivity contribution in [2.45, 2.75) is 15.6 Å². The summed E-state index contributed by atoms with van der Waals surface area (Å²) in [6.07, 6.45) is 5.23. The summed E-state index contributed by atoms with van der Waals surface area (Å²) in [5.74, 6) is 0. The lowest BCUT2D eigenvalue weighted by atomic mass is 10.1. The number of aromatic nitrogens is 2. The van der Waals surface area contributed by atoms with E-state index in [-0.39, 0.29) is 10.8 Å². The quantitative estimate of drug-likeness (QED) is 0.325. The lowest BCUT2D eigenvalue weighted by molar-refractivity contribution is 0.651. The Hall–Kier alpha value is -0.840. The highest BCUT2D eigenvalue weighted by Gasteiger charge is 2.25. The summed E-state index contributed by atoms with van der Waals surface area (Å²) in [5, 5.41) is 1.84. The standard InChI is InChI=1S/C17H12Cl4N2S/c18-12-3-1-11(2-4-12)16(17(21)23-8-7-22-10-23)24-15-9-13(19)5-6-14(15)20/h1-10,16-17H. The zero-order valence-corrected chi connectivity index (χ0v) is 16.1. The van der Waals surface area contributed by atoms with Gasteiger partial charge in [-0.2, -0.15) is 0 Å². The Bertz CT molecular complexity index is 806. The van der Waals surface area contributed by atoms with Gasteiger partial charge in [0.25, 0.3) is 0 Å². The molecule has 0 saturated heterocycles. The molecule has 124 valence electrons. The molecule has 0 N–H and O–H groups in total. The van der Waals surface area contributed by atoms with E-state index < -0.39 is 0 Å². The minimum absolute atomic E-state index is 0.103. The Labute approximate surface area is 164 Å². The third-order valence-corrected chi connectivity index (χ3v) is 6.34. The van der Waals surface area contributed by atoms with Gasteiger partial charge < -0.3 is 4.57 Å². The van der Waals surface area contributed by atoms with Crippen molar-refractivity contribution in [3.8, 4) is 0 Å².